The van der Waals surface area contributed by atoms with Crippen LogP contribution in [0.5, 0.6) is 0 Å². The number of hydrogen-bond donors (Lipinski definition) is 0. The van der Waals surface area contributed by atoms with Crippen LogP contribution in [-0.4, -0.2) is 12.3 Å². The Morgan fingerprint density at radius 3 is 2.10 bits per heavy atom. The van der Waals surface area contributed by atoms with E-state index in [-0.39, 0.29) is 0 Å². The molecule has 0 aliphatic rings. The molecule has 0 bridgehead atoms. The topological polar surface area (TPSA) is 0 Å². The molecule has 5 heteroatoms. The molecule has 0 aromatic carbocycles. The molecule has 0 nitrogen and oxygen atoms in total. The third-order valence-electron chi connectivity index (χ3n) is 0.856. The Hall–Kier alpha value is -0.350. The Morgan fingerprint density at radius 2 is 1.80 bits per heavy atom. The maximum Gasteiger partial charge on any atom is 0.282 e. The largest absolute Gasteiger partial charge is 0.282 e. The first-order chi connectivity index (χ1) is 4.48. The van der Waals surface area contributed by atoms with Crippen LogP contribution < -0.4 is 0 Å². The Balaban J connectivity index is 3.46. The van der Waals surface area contributed by atoms with Gasteiger partial charge in [-0.3, -0.25) is 0 Å². The van der Waals surface area contributed by atoms with Crippen LogP contribution >= 0.6 is 0 Å². The second kappa shape index (κ2) is 3.73. The molecule has 0 saturated carbocycles. The summed E-state index contributed by atoms with van der Waals surface area (Å²) in [5, 5.41) is 0. The molecule has 0 spiro atoms. The van der Waals surface area contributed by atoms with Gasteiger partial charge in [-0.15, -0.1) is 0 Å². The van der Waals surface area contributed by atoms with Gasteiger partial charge in [-0.05, 0) is 0 Å². The highest BCUT2D eigenvalue weighted by molar-refractivity contribution is 4.74. The molecule has 0 aromatic heterocycles. The van der Waals surface area contributed by atoms with Crippen LogP contribution in [0.2, 0.25) is 0 Å². The van der Waals surface area contributed by atoms with E-state index in [9.17, 15) is 22.0 Å². The van der Waals surface area contributed by atoms with E-state index in [0.29, 0.717) is 0 Å². The summed E-state index contributed by atoms with van der Waals surface area (Å²) < 4.78 is 57.1. The lowest BCUT2D eigenvalue weighted by molar-refractivity contribution is -0.0139. The molecule has 10 heavy (non-hydrogen) atoms. The highest BCUT2D eigenvalue weighted by Gasteiger charge is 2.30. The van der Waals surface area contributed by atoms with Crippen molar-refractivity contribution in [1.82, 2.24) is 0 Å². The van der Waals surface area contributed by atoms with E-state index in [2.05, 4.69) is 0 Å². The first-order valence-electron chi connectivity index (χ1n) is 2.58. The molecule has 1 radical (unpaired) electrons. The summed E-state index contributed by atoms with van der Waals surface area (Å²) >= 11 is 0. The average molecular weight is 161 g/mol. The van der Waals surface area contributed by atoms with E-state index in [1.165, 1.54) is 0 Å². The maximum atomic E-state index is 11.7. The van der Waals surface area contributed by atoms with Gasteiger partial charge in [0.15, 0.2) is 0 Å². The van der Waals surface area contributed by atoms with Gasteiger partial charge in [-0.2, -0.15) is 0 Å². The number of halogens is 5. The van der Waals surface area contributed by atoms with Crippen LogP contribution in [0.3, 0.4) is 0 Å². The van der Waals surface area contributed by atoms with E-state index in [1.54, 1.807) is 0 Å². The fourth-order valence-corrected chi connectivity index (χ4v) is 0.356. The SMILES string of the molecule is F[CH]C(F)(F)CCC(F)F. The number of hydrogen-bond acceptors (Lipinski definition) is 0. The van der Waals surface area contributed by atoms with Gasteiger partial charge in [-0.1, -0.05) is 0 Å². The van der Waals surface area contributed by atoms with Gasteiger partial charge in [0.2, 0.25) is 13.1 Å². The molecule has 0 N–H and O–H groups in total. The quantitative estimate of drug-likeness (QED) is 0.556. The van der Waals surface area contributed by atoms with Crippen molar-refractivity contribution in [3.63, 3.8) is 0 Å². The van der Waals surface area contributed by atoms with Crippen LogP contribution in [0.1, 0.15) is 12.8 Å². The Kier molecular flexibility index (Phi) is 3.60. The molecule has 0 rings (SSSR count). The molecule has 0 aliphatic heterocycles. The zero-order valence-electron chi connectivity index (χ0n) is 4.96. The van der Waals surface area contributed by atoms with Crippen molar-refractivity contribution in [2.45, 2.75) is 25.2 Å². The minimum absolute atomic E-state index is 0.866. The van der Waals surface area contributed by atoms with Crippen molar-refractivity contribution < 1.29 is 22.0 Å². The predicted molar refractivity (Wildman–Crippen MR) is 25.6 cm³/mol. The Morgan fingerprint density at radius 1 is 1.30 bits per heavy atom. The fourth-order valence-electron chi connectivity index (χ4n) is 0.356. The van der Waals surface area contributed by atoms with E-state index in [0.717, 1.165) is 0 Å². The summed E-state index contributed by atoms with van der Waals surface area (Å²) in [7, 11) is 0. The first kappa shape index (κ1) is 9.65. The lowest BCUT2D eigenvalue weighted by Gasteiger charge is -2.09. The smallest absolute Gasteiger partial charge is 0.237 e. The summed E-state index contributed by atoms with van der Waals surface area (Å²) in [6.07, 6.45) is -4.92. The van der Waals surface area contributed by atoms with Crippen LogP contribution in [0.4, 0.5) is 22.0 Å². The second-order valence-corrected chi connectivity index (χ2v) is 1.80. The monoisotopic (exact) mass is 161 g/mol. The van der Waals surface area contributed by atoms with Crippen molar-refractivity contribution in [1.29, 1.82) is 0 Å². The molecule has 0 amide bonds. The van der Waals surface area contributed by atoms with E-state index in [4.69, 9.17) is 0 Å². The van der Waals surface area contributed by atoms with Gasteiger partial charge < -0.3 is 0 Å². The van der Waals surface area contributed by atoms with Crippen molar-refractivity contribution in [3.05, 3.63) is 6.67 Å². The number of rotatable bonds is 4. The first-order valence-corrected chi connectivity index (χ1v) is 2.58. The molecule has 0 heterocycles. The summed E-state index contributed by atoms with van der Waals surface area (Å²) in [5.41, 5.74) is 0. The molecule has 0 atom stereocenters. The average Bonchev–Trinajstić information content (AvgIpc) is 1.85. The molecular weight excluding hydrogens is 155 g/mol. The molecule has 0 aliphatic carbocycles. The zero-order valence-corrected chi connectivity index (χ0v) is 4.96. The molecule has 0 saturated heterocycles. The van der Waals surface area contributed by atoms with Crippen molar-refractivity contribution >= 4 is 0 Å². The third kappa shape index (κ3) is 4.52. The van der Waals surface area contributed by atoms with Gasteiger partial charge >= 0.3 is 0 Å². The molecular formula is C5H6F5. The lowest BCUT2D eigenvalue weighted by atomic mass is 10.2. The minimum Gasteiger partial charge on any atom is -0.237 e. The molecule has 0 fully saturated rings. The van der Waals surface area contributed by atoms with Crippen molar-refractivity contribution in [3.8, 4) is 0 Å². The second-order valence-electron chi connectivity index (χ2n) is 1.80. The minimum atomic E-state index is -3.70. The fraction of sp³-hybridized carbons (Fsp3) is 0.800. The summed E-state index contributed by atoms with van der Waals surface area (Å²) in [6.45, 7) is -0.866. The zero-order chi connectivity index (χ0) is 8.20. The highest BCUT2D eigenvalue weighted by Crippen LogP contribution is 2.25. The van der Waals surface area contributed by atoms with Crippen LogP contribution in [-0.2, 0) is 0 Å². The van der Waals surface area contributed by atoms with Crippen LogP contribution in [0.25, 0.3) is 0 Å². The summed E-state index contributed by atoms with van der Waals surface area (Å²) in [4.78, 5) is 0. The Labute approximate surface area is 55.0 Å². The van der Waals surface area contributed by atoms with Gasteiger partial charge in [0.1, 0.15) is 0 Å². The van der Waals surface area contributed by atoms with Gasteiger partial charge in [0, 0.05) is 12.8 Å². The van der Waals surface area contributed by atoms with E-state index < -0.39 is 31.9 Å². The van der Waals surface area contributed by atoms with E-state index in [1.807, 2.05) is 0 Å². The highest BCUT2D eigenvalue weighted by atomic mass is 19.3. The third-order valence-corrected chi connectivity index (χ3v) is 0.856. The van der Waals surface area contributed by atoms with Crippen LogP contribution in [0.15, 0.2) is 0 Å². The van der Waals surface area contributed by atoms with E-state index >= 15 is 0 Å². The Bertz CT molecular complexity index is 90.0. The van der Waals surface area contributed by atoms with Crippen molar-refractivity contribution in [2.24, 2.45) is 0 Å². The predicted octanol–water partition coefficient (Wildman–Crippen LogP) is 2.80. The van der Waals surface area contributed by atoms with Gasteiger partial charge in [0.25, 0.3) is 5.92 Å². The maximum absolute atomic E-state index is 11.7. The lowest BCUT2D eigenvalue weighted by Crippen LogP contribution is -2.15. The van der Waals surface area contributed by atoms with Gasteiger partial charge in [0.05, 0.1) is 0 Å². The molecule has 0 unspecified atom stereocenters. The summed E-state index contributed by atoms with van der Waals surface area (Å²) in [6, 6.07) is 0. The van der Waals surface area contributed by atoms with Gasteiger partial charge in [-0.25, -0.2) is 22.0 Å². The summed E-state index contributed by atoms with van der Waals surface area (Å²) in [5.74, 6) is -3.70. The normalized spacial score (nSPS) is 12.6. The van der Waals surface area contributed by atoms with Crippen LogP contribution in [0, 0.1) is 6.67 Å². The molecule has 0 aromatic rings. The van der Waals surface area contributed by atoms with Crippen molar-refractivity contribution in [2.75, 3.05) is 0 Å². The number of alkyl halides is 4. The standard InChI is InChI=1S/C5H6F5/c6-3-5(9,10)2-1-4(7)8/h3-4H,1-2H2. The molecule has 61 valence electrons.